The summed E-state index contributed by atoms with van der Waals surface area (Å²) in [4.78, 5) is 14.5. The molecule has 2 N–H and O–H groups in total. The maximum absolute atomic E-state index is 11.6. The van der Waals surface area contributed by atoms with E-state index in [0.29, 0.717) is 11.7 Å². The van der Waals surface area contributed by atoms with Gasteiger partial charge in [0.2, 0.25) is 0 Å². The second-order valence-electron chi connectivity index (χ2n) is 4.93. The van der Waals surface area contributed by atoms with Gasteiger partial charge in [0.1, 0.15) is 5.75 Å². The van der Waals surface area contributed by atoms with Crippen LogP contribution in [0.4, 0.5) is 0 Å². The highest BCUT2D eigenvalue weighted by Gasteiger charge is 2.03. The largest absolute Gasteiger partial charge is 0.484 e. The van der Waals surface area contributed by atoms with Gasteiger partial charge >= 0.3 is 0 Å². The normalized spacial score (nSPS) is 11.0. The number of hydrazone groups is 1. The van der Waals surface area contributed by atoms with Crippen molar-refractivity contribution in [1.29, 1.82) is 0 Å². The first-order chi connectivity index (χ1) is 10.1. The molecule has 0 bridgehead atoms. The number of ether oxygens (including phenoxy) is 1. The average Bonchev–Trinajstić information content (AvgIpc) is 2.99. The van der Waals surface area contributed by atoms with Crippen LogP contribution in [-0.2, 0) is 4.79 Å². The molecule has 1 aromatic heterocycles. The lowest BCUT2D eigenvalue weighted by atomic mass is 10.0. The zero-order valence-electron chi connectivity index (χ0n) is 12.2. The summed E-state index contributed by atoms with van der Waals surface area (Å²) in [6, 6.07) is 11.4. The van der Waals surface area contributed by atoms with Crippen molar-refractivity contribution in [2.75, 3.05) is 6.61 Å². The molecule has 1 aromatic carbocycles. The Hall–Kier alpha value is -2.56. The van der Waals surface area contributed by atoms with E-state index in [-0.39, 0.29) is 12.5 Å². The van der Waals surface area contributed by atoms with Gasteiger partial charge < -0.3 is 9.72 Å². The molecule has 1 heterocycles. The van der Waals surface area contributed by atoms with E-state index in [1.54, 1.807) is 6.20 Å². The molecule has 0 aliphatic rings. The van der Waals surface area contributed by atoms with Gasteiger partial charge in [0.25, 0.3) is 5.91 Å². The first-order valence-electron chi connectivity index (χ1n) is 6.83. The third kappa shape index (κ3) is 4.80. The predicted octanol–water partition coefficient (Wildman–Crippen LogP) is 2.67. The van der Waals surface area contributed by atoms with E-state index < -0.39 is 0 Å². The maximum Gasteiger partial charge on any atom is 0.277 e. The molecule has 5 nitrogen and oxygen atoms in total. The number of carbonyl (C=O) groups is 1. The van der Waals surface area contributed by atoms with Gasteiger partial charge in [-0.1, -0.05) is 26.0 Å². The number of benzene rings is 1. The third-order valence-electron chi connectivity index (χ3n) is 2.93. The molecule has 21 heavy (non-hydrogen) atoms. The lowest BCUT2D eigenvalue weighted by molar-refractivity contribution is -0.123. The summed E-state index contributed by atoms with van der Waals surface area (Å²) in [6.07, 6.45) is 3.32. The van der Waals surface area contributed by atoms with Gasteiger partial charge in [-0.05, 0) is 35.7 Å². The number of hydrogen-bond donors (Lipinski definition) is 2. The lowest BCUT2D eigenvalue weighted by Crippen LogP contribution is -2.24. The summed E-state index contributed by atoms with van der Waals surface area (Å²) in [5.41, 5.74) is 4.46. The molecule has 0 unspecified atom stereocenters. The van der Waals surface area contributed by atoms with Crippen LogP contribution in [0.3, 0.4) is 0 Å². The molecule has 0 fully saturated rings. The molecule has 110 valence electrons. The van der Waals surface area contributed by atoms with Crippen LogP contribution in [0.15, 0.2) is 47.7 Å². The van der Waals surface area contributed by atoms with Crippen molar-refractivity contribution < 1.29 is 9.53 Å². The van der Waals surface area contributed by atoms with Crippen molar-refractivity contribution in [2.45, 2.75) is 19.8 Å². The standard InChI is InChI=1S/C16H19N3O2/c1-12(2)13-5-7-15(8-6-13)21-11-16(20)19-18-10-14-4-3-9-17-14/h3-10,12,17H,11H2,1-2H3,(H,19,20)/b18-10-. The second-order valence-corrected chi connectivity index (χ2v) is 4.93. The van der Waals surface area contributed by atoms with Gasteiger partial charge in [0.05, 0.1) is 11.9 Å². The molecule has 0 saturated carbocycles. The van der Waals surface area contributed by atoms with E-state index in [2.05, 4.69) is 29.4 Å². The van der Waals surface area contributed by atoms with Crippen LogP contribution >= 0.6 is 0 Å². The molecule has 0 spiro atoms. The summed E-state index contributed by atoms with van der Waals surface area (Å²) >= 11 is 0. The van der Waals surface area contributed by atoms with E-state index >= 15 is 0 Å². The number of aromatic nitrogens is 1. The molecular formula is C16H19N3O2. The maximum atomic E-state index is 11.6. The summed E-state index contributed by atoms with van der Waals surface area (Å²) in [7, 11) is 0. The summed E-state index contributed by atoms with van der Waals surface area (Å²) < 4.78 is 5.40. The van der Waals surface area contributed by atoms with Crippen LogP contribution < -0.4 is 10.2 Å². The number of nitrogens with one attached hydrogen (secondary N) is 2. The molecule has 1 amide bonds. The Balaban J connectivity index is 1.76. The first kappa shape index (κ1) is 14.8. The fourth-order valence-electron chi connectivity index (χ4n) is 1.73. The number of H-pyrrole nitrogens is 1. The molecule has 2 rings (SSSR count). The molecule has 0 aliphatic carbocycles. The number of rotatable bonds is 6. The van der Waals surface area contributed by atoms with Crippen LogP contribution in [-0.4, -0.2) is 23.7 Å². The SMILES string of the molecule is CC(C)c1ccc(OCC(=O)N/N=C\c2ccc[nH]2)cc1. The lowest BCUT2D eigenvalue weighted by Gasteiger charge is -2.08. The van der Waals surface area contributed by atoms with Gasteiger partial charge in [0, 0.05) is 6.20 Å². The van der Waals surface area contributed by atoms with Crippen molar-refractivity contribution in [3.63, 3.8) is 0 Å². The molecule has 0 aliphatic heterocycles. The van der Waals surface area contributed by atoms with Crippen molar-refractivity contribution in [3.05, 3.63) is 53.9 Å². The predicted molar refractivity (Wildman–Crippen MR) is 82.6 cm³/mol. The highest BCUT2D eigenvalue weighted by atomic mass is 16.5. The number of carbonyl (C=O) groups excluding carboxylic acids is 1. The zero-order chi connectivity index (χ0) is 15.1. The highest BCUT2D eigenvalue weighted by Crippen LogP contribution is 2.18. The summed E-state index contributed by atoms with van der Waals surface area (Å²) in [5.74, 6) is 0.846. The quantitative estimate of drug-likeness (QED) is 0.633. The van der Waals surface area contributed by atoms with Crippen molar-refractivity contribution in [3.8, 4) is 5.75 Å². The Labute approximate surface area is 124 Å². The van der Waals surface area contributed by atoms with Gasteiger partial charge in [-0.3, -0.25) is 4.79 Å². The minimum absolute atomic E-state index is 0.0664. The zero-order valence-corrected chi connectivity index (χ0v) is 12.2. The van der Waals surface area contributed by atoms with Gasteiger partial charge in [-0.2, -0.15) is 5.10 Å². The van der Waals surface area contributed by atoms with Crippen LogP contribution in [0.1, 0.15) is 31.0 Å². The van der Waals surface area contributed by atoms with E-state index in [0.717, 1.165) is 5.69 Å². The Morgan fingerprint density at radius 3 is 2.71 bits per heavy atom. The number of nitrogens with zero attached hydrogens (tertiary/aromatic N) is 1. The fourth-order valence-corrected chi connectivity index (χ4v) is 1.73. The molecule has 0 saturated heterocycles. The van der Waals surface area contributed by atoms with Crippen molar-refractivity contribution in [2.24, 2.45) is 5.10 Å². The molecule has 2 aromatic rings. The Kier molecular flexibility index (Phi) is 5.15. The monoisotopic (exact) mass is 285 g/mol. The molecule has 0 atom stereocenters. The number of amides is 1. The van der Waals surface area contributed by atoms with E-state index in [4.69, 9.17) is 4.74 Å². The van der Waals surface area contributed by atoms with Crippen molar-refractivity contribution >= 4 is 12.1 Å². The minimum atomic E-state index is -0.300. The third-order valence-corrected chi connectivity index (χ3v) is 2.93. The summed E-state index contributed by atoms with van der Waals surface area (Å²) in [6.45, 7) is 4.19. The van der Waals surface area contributed by atoms with Gasteiger partial charge in [-0.25, -0.2) is 5.43 Å². The Morgan fingerprint density at radius 1 is 1.33 bits per heavy atom. The highest BCUT2D eigenvalue weighted by molar-refractivity contribution is 5.81. The van der Waals surface area contributed by atoms with Crippen LogP contribution in [0.5, 0.6) is 5.75 Å². The smallest absolute Gasteiger partial charge is 0.277 e. The summed E-state index contributed by atoms with van der Waals surface area (Å²) in [5, 5.41) is 3.83. The Bertz CT molecular complexity index is 586. The molecule has 5 heteroatoms. The fraction of sp³-hybridized carbons (Fsp3) is 0.250. The van der Waals surface area contributed by atoms with E-state index in [1.165, 1.54) is 11.8 Å². The number of aromatic amines is 1. The van der Waals surface area contributed by atoms with Crippen LogP contribution in [0.25, 0.3) is 0 Å². The number of hydrogen-bond acceptors (Lipinski definition) is 3. The Morgan fingerprint density at radius 2 is 2.10 bits per heavy atom. The van der Waals surface area contributed by atoms with Gasteiger partial charge in [0.15, 0.2) is 6.61 Å². The first-order valence-corrected chi connectivity index (χ1v) is 6.83. The average molecular weight is 285 g/mol. The van der Waals surface area contributed by atoms with Gasteiger partial charge in [-0.15, -0.1) is 0 Å². The molecular weight excluding hydrogens is 266 g/mol. The topological polar surface area (TPSA) is 66.5 Å². The second kappa shape index (κ2) is 7.28. The minimum Gasteiger partial charge on any atom is -0.484 e. The van der Waals surface area contributed by atoms with Crippen molar-refractivity contribution in [1.82, 2.24) is 10.4 Å². The van der Waals surface area contributed by atoms with E-state index in [9.17, 15) is 4.79 Å². The van der Waals surface area contributed by atoms with Crippen LogP contribution in [0, 0.1) is 0 Å². The molecule has 0 radical (unpaired) electrons. The van der Waals surface area contributed by atoms with Crippen LogP contribution in [0.2, 0.25) is 0 Å². The van der Waals surface area contributed by atoms with E-state index in [1.807, 2.05) is 36.4 Å².